The lowest BCUT2D eigenvalue weighted by Crippen LogP contribution is -2.27. The van der Waals surface area contributed by atoms with Crippen LogP contribution in [-0.2, 0) is 11.8 Å². The van der Waals surface area contributed by atoms with Gasteiger partial charge in [-0.05, 0) is 39.0 Å². The number of hydrogen-bond acceptors (Lipinski definition) is 5. The van der Waals surface area contributed by atoms with Crippen LogP contribution in [0.25, 0.3) is 16.6 Å². The number of fused-ring (bicyclic) bond motifs is 1. The van der Waals surface area contributed by atoms with Crippen molar-refractivity contribution in [2.75, 3.05) is 5.32 Å². The van der Waals surface area contributed by atoms with Gasteiger partial charge in [0.1, 0.15) is 16.5 Å². The maximum absolute atomic E-state index is 13.0. The minimum Gasteiger partial charge on any atom is -0.319 e. The van der Waals surface area contributed by atoms with Crippen molar-refractivity contribution in [2.24, 2.45) is 7.05 Å². The number of carbonyl (C=O) groups is 1. The Bertz CT molecular complexity index is 1330. The standard InChI is InChI=1S/C23H23N5O2S/c1-14-20(23(30)28(27(14)4)17-10-6-5-7-11-17)26-21(29)15(2)31-22-18-12-8-9-13-19(18)24-16(3)25-22/h5-13,15H,1-4H3,(H,26,29)/t15-/m1/s1. The second kappa shape index (κ2) is 8.39. The first kappa shape index (κ1) is 20.9. The molecule has 7 nitrogen and oxygen atoms in total. The van der Waals surface area contributed by atoms with Gasteiger partial charge in [0, 0.05) is 12.4 Å². The summed E-state index contributed by atoms with van der Waals surface area (Å²) in [5.74, 6) is 0.398. The van der Waals surface area contributed by atoms with E-state index in [1.54, 1.807) is 23.3 Å². The predicted molar refractivity (Wildman–Crippen MR) is 124 cm³/mol. The van der Waals surface area contributed by atoms with Crippen molar-refractivity contribution in [1.82, 2.24) is 19.3 Å². The lowest BCUT2D eigenvalue weighted by atomic mass is 10.2. The maximum Gasteiger partial charge on any atom is 0.295 e. The first-order chi connectivity index (χ1) is 14.9. The second-order valence-electron chi connectivity index (χ2n) is 7.28. The van der Waals surface area contributed by atoms with Gasteiger partial charge in [0.05, 0.1) is 22.1 Å². The van der Waals surface area contributed by atoms with Crippen molar-refractivity contribution in [3.8, 4) is 5.69 Å². The predicted octanol–water partition coefficient (Wildman–Crippen LogP) is 3.86. The number of para-hydroxylation sites is 2. The van der Waals surface area contributed by atoms with E-state index in [9.17, 15) is 9.59 Å². The van der Waals surface area contributed by atoms with Crippen molar-refractivity contribution in [2.45, 2.75) is 31.0 Å². The van der Waals surface area contributed by atoms with Gasteiger partial charge < -0.3 is 5.32 Å². The summed E-state index contributed by atoms with van der Waals surface area (Å²) in [6.45, 7) is 5.45. The number of rotatable bonds is 5. The molecule has 0 radical (unpaired) electrons. The van der Waals surface area contributed by atoms with Crippen LogP contribution in [0, 0.1) is 13.8 Å². The number of nitrogens with zero attached hydrogens (tertiary/aromatic N) is 4. The van der Waals surface area contributed by atoms with Crippen LogP contribution in [0.5, 0.6) is 0 Å². The van der Waals surface area contributed by atoms with E-state index >= 15 is 0 Å². The zero-order chi connectivity index (χ0) is 22.1. The van der Waals surface area contributed by atoms with Crippen molar-refractivity contribution in [1.29, 1.82) is 0 Å². The van der Waals surface area contributed by atoms with E-state index in [-0.39, 0.29) is 17.2 Å². The van der Waals surface area contributed by atoms with Crippen LogP contribution in [0.4, 0.5) is 5.69 Å². The molecule has 2 aromatic heterocycles. The van der Waals surface area contributed by atoms with Crippen molar-refractivity contribution < 1.29 is 4.79 Å². The minimum atomic E-state index is -0.457. The van der Waals surface area contributed by atoms with Gasteiger partial charge in [-0.3, -0.25) is 14.3 Å². The molecule has 1 atom stereocenters. The highest BCUT2D eigenvalue weighted by Gasteiger charge is 2.22. The average molecular weight is 434 g/mol. The van der Waals surface area contributed by atoms with Gasteiger partial charge in [0.15, 0.2) is 0 Å². The summed E-state index contributed by atoms with van der Waals surface area (Å²) in [6, 6.07) is 17.1. The fraction of sp³-hybridized carbons (Fsp3) is 0.217. The molecule has 4 aromatic rings. The van der Waals surface area contributed by atoms with E-state index in [2.05, 4.69) is 15.3 Å². The summed E-state index contributed by atoms with van der Waals surface area (Å²) in [5, 5.41) is 4.03. The Morgan fingerprint density at radius 2 is 1.71 bits per heavy atom. The highest BCUT2D eigenvalue weighted by Crippen LogP contribution is 2.29. The maximum atomic E-state index is 13.0. The van der Waals surface area contributed by atoms with E-state index in [4.69, 9.17) is 0 Å². The molecular formula is C23H23N5O2S. The van der Waals surface area contributed by atoms with Crippen LogP contribution in [0.3, 0.4) is 0 Å². The number of benzene rings is 2. The lowest BCUT2D eigenvalue weighted by molar-refractivity contribution is -0.115. The van der Waals surface area contributed by atoms with Gasteiger partial charge in [-0.1, -0.05) is 48.2 Å². The highest BCUT2D eigenvalue weighted by molar-refractivity contribution is 8.00. The fourth-order valence-electron chi connectivity index (χ4n) is 3.41. The molecule has 0 unspecified atom stereocenters. The summed E-state index contributed by atoms with van der Waals surface area (Å²) >= 11 is 1.35. The summed E-state index contributed by atoms with van der Waals surface area (Å²) < 4.78 is 3.29. The van der Waals surface area contributed by atoms with Gasteiger partial charge >= 0.3 is 0 Å². The second-order valence-corrected chi connectivity index (χ2v) is 8.61. The largest absolute Gasteiger partial charge is 0.319 e. The molecule has 2 heterocycles. The van der Waals surface area contributed by atoms with E-state index in [0.717, 1.165) is 21.6 Å². The first-order valence-corrected chi connectivity index (χ1v) is 10.8. The van der Waals surface area contributed by atoms with E-state index in [1.165, 1.54) is 11.8 Å². The zero-order valence-corrected chi connectivity index (χ0v) is 18.6. The fourth-order valence-corrected chi connectivity index (χ4v) is 4.39. The van der Waals surface area contributed by atoms with E-state index in [0.29, 0.717) is 11.5 Å². The van der Waals surface area contributed by atoms with Gasteiger partial charge in [-0.25, -0.2) is 14.6 Å². The summed E-state index contributed by atoms with van der Waals surface area (Å²) in [6.07, 6.45) is 0. The summed E-state index contributed by atoms with van der Waals surface area (Å²) in [7, 11) is 1.80. The van der Waals surface area contributed by atoms with Crippen LogP contribution in [-0.4, -0.2) is 30.5 Å². The molecule has 0 saturated carbocycles. The monoisotopic (exact) mass is 433 g/mol. The molecule has 0 aliphatic rings. The Labute approximate surface area is 184 Å². The Kier molecular flexibility index (Phi) is 5.65. The third kappa shape index (κ3) is 3.98. The number of thioether (sulfide) groups is 1. The summed E-state index contributed by atoms with van der Waals surface area (Å²) in [4.78, 5) is 35.0. The molecule has 0 bridgehead atoms. The van der Waals surface area contributed by atoms with Crippen LogP contribution in [0.1, 0.15) is 18.4 Å². The molecule has 2 aromatic carbocycles. The molecule has 0 aliphatic heterocycles. The summed E-state index contributed by atoms with van der Waals surface area (Å²) in [5.41, 5.74) is 2.29. The Morgan fingerprint density at radius 1 is 1.03 bits per heavy atom. The van der Waals surface area contributed by atoms with Crippen LogP contribution < -0.4 is 10.9 Å². The zero-order valence-electron chi connectivity index (χ0n) is 17.8. The molecule has 1 amide bonds. The molecule has 4 rings (SSSR count). The quantitative estimate of drug-likeness (QED) is 0.382. The Balaban J connectivity index is 1.60. The van der Waals surface area contributed by atoms with Gasteiger partial charge in [0.2, 0.25) is 5.91 Å². The number of carbonyl (C=O) groups excluding carboxylic acids is 1. The molecule has 0 aliphatic carbocycles. The average Bonchev–Trinajstić information content (AvgIpc) is 2.97. The number of aryl methyl sites for hydroxylation is 1. The van der Waals surface area contributed by atoms with Gasteiger partial charge in [-0.15, -0.1) is 0 Å². The van der Waals surface area contributed by atoms with Crippen molar-refractivity contribution in [3.05, 3.63) is 76.5 Å². The van der Waals surface area contributed by atoms with E-state index in [1.807, 2.05) is 68.4 Å². The number of amides is 1. The Morgan fingerprint density at radius 3 is 2.45 bits per heavy atom. The highest BCUT2D eigenvalue weighted by atomic mass is 32.2. The number of aromatic nitrogens is 4. The number of anilines is 1. The first-order valence-electron chi connectivity index (χ1n) is 9.91. The number of nitrogens with one attached hydrogen (secondary N) is 1. The van der Waals surface area contributed by atoms with Gasteiger partial charge in [-0.2, -0.15) is 0 Å². The molecule has 0 spiro atoms. The molecular weight excluding hydrogens is 410 g/mol. The lowest BCUT2D eigenvalue weighted by Gasteiger charge is -2.12. The normalized spacial score (nSPS) is 12.1. The smallest absolute Gasteiger partial charge is 0.295 e. The Hall–Kier alpha value is -3.39. The molecule has 0 saturated heterocycles. The molecule has 8 heteroatoms. The minimum absolute atomic E-state index is 0.253. The third-order valence-corrected chi connectivity index (χ3v) is 6.24. The van der Waals surface area contributed by atoms with Crippen molar-refractivity contribution in [3.63, 3.8) is 0 Å². The van der Waals surface area contributed by atoms with Crippen LogP contribution in [0.15, 0.2) is 64.4 Å². The van der Waals surface area contributed by atoms with Crippen molar-refractivity contribution >= 4 is 34.3 Å². The third-order valence-electron chi connectivity index (χ3n) is 5.14. The topological polar surface area (TPSA) is 81.8 Å². The van der Waals surface area contributed by atoms with Crippen LogP contribution >= 0.6 is 11.8 Å². The van der Waals surface area contributed by atoms with Crippen LogP contribution in [0.2, 0.25) is 0 Å². The molecule has 31 heavy (non-hydrogen) atoms. The molecule has 1 N–H and O–H groups in total. The molecule has 0 fully saturated rings. The molecule has 158 valence electrons. The van der Waals surface area contributed by atoms with E-state index < -0.39 is 5.25 Å². The number of hydrogen-bond donors (Lipinski definition) is 1. The SMILES string of the molecule is Cc1nc(S[C@H](C)C(=O)Nc2c(C)n(C)n(-c3ccccc3)c2=O)c2ccccc2n1. The van der Waals surface area contributed by atoms with Gasteiger partial charge in [0.25, 0.3) is 5.56 Å².